The lowest BCUT2D eigenvalue weighted by Crippen LogP contribution is -2.43. The van der Waals surface area contributed by atoms with Gasteiger partial charge in [-0.15, -0.1) is 0 Å². The number of alkyl carbamates (subject to hydrolysis) is 1. The average molecular weight is 480 g/mol. The Morgan fingerprint density at radius 3 is 2.09 bits per heavy atom. The van der Waals surface area contributed by atoms with Crippen molar-refractivity contribution in [2.45, 2.75) is 17.8 Å². The molecule has 180 valence electrons. The first kappa shape index (κ1) is 23.5. The van der Waals surface area contributed by atoms with Crippen molar-refractivity contribution in [3.8, 4) is 11.1 Å². The Morgan fingerprint density at radius 1 is 0.971 bits per heavy atom. The standard InChI is InChI=1S/C23H20F4N2O5/c24-22(25,20(31)32)11-29-19(30)18-17(23(18,26)27)9-28-21(33)34-10-16-14-7-3-1-5-12(14)13-6-2-4-8-15(13)16/h1-8,16-18H,9-11H2,(H,28,33)(H,29,30)(H,31,32). The molecule has 1 saturated carbocycles. The lowest BCUT2D eigenvalue weighted by molar-refractivity contribution is -0.164. The van der Waals surface area contributed by atoms with E-state index in [0.29, 0.717) is 0 Å². The Kier molecular flexibility index (Phi) is 5.96. The van der Waals surface area contributed by atoms with Gasteiger partial charge < -0.3 is 20.5 Å². The molecule has 3 N–H and O–H groups in total. The van der Waals surface area contributed by atoms with E-state index in [1.807, 2.05) is 48.5 Å². The molecule has 34 heavy (non-hydrogen) atoms. The number of carbonyl (C=O) groups excluding carboxylic acids is 2. The van der Waals surface area contributed by atoms with E-state index in [9.17, 15) is 31.9 Å². The molecule has 2 aliphatic carbocycles. The molecule has 0 aromatic heterocycles. The summed E-state index contributed by atoms with van der Waals surface area (Å²) in [5, 5.41) is 12.0. The molecule has 1 fully saturated rings. The van der Waals surface area contributed by atoms with Crippen LogP contribution >= 0.6 is 0 Å². The van der Waals surface area contributed by atoms with Gasteiger partial charge in [-0.2, -0.15) is 8.78 Å². The van der Waals surface area contributed by atoms with E-state index >= 15 is 0 Å². The zero-order valence-electron chi connectivity index (χ0n) is 17.6. The van der Waals surface area contributed by atoms with E-state index in [1.165, 1.54) is 5.32 Å². The molecular formula is C23H20F4N2O5. The van der Waals surface area contributed by atoms with Crippen LogP contribution in [-0.4, -0.2) is 54.6 Å². The van der Waals surface area contributed by atoms with Gasteiger partial charge in [0.2, 0.25) is 5.91 Å². The van der Waals surface area contributed by atoms with E-state index in [2.05, 4.69) is 5.32 Å². The summed E-state index contributed by atoms with van der Waals surface area (Å²) < 4.78 is 59.2. The summed E-state index contributed by atoms with van der Waals surface area (Å²) in [5.74, 6) is -15.5. The summed E-state index contributed by atoms with van der Waals surface area (Å²) in [5.41, 5.74) is 3.99. The largest absolute Gasteiger partial charge is 0.477 e. The minimum atomic E-state index is -4.28. The van der Waals surface area contributed by atoms with Crippen molar-refractivity contribution in [1.82, 2.24) is 10.6 Å². The van der Waals surface area contributed by atoms with Crippen molar-refractivity contribution in [3.63, 3.8) is 0 Å². The second kappa shape index (κ2) is 8.62. The van der Waals surface area contributed by atoms with Crippen LogP contribution in [0, 0.1) is 11.8 Å². The highest BCUT2D eigenvalue weighted by Crippen LogP contribution is 2.55. The molecule has 0 bridgehead atoms. The molecule has 0 heterocycles. The number of alkyl halides is 4. The van der Waals surface area contributed by atoms with E-state index in [-0.39, 0.29) is 12.5 Å². The fraction of sp³-hybridized carbons (Fsp3) is 0.348. The Hall–Kier alpha value is -3.63. The zero-order valence-corrected chi connectivity index (χ0v) is 17.6. The number of rotatable bonds is 8. The fourth-order valence-corrected chi connectivity index (χ4v) is 4.23. The van der Waals surface area contributed by atoms with E-state index in [4.69, 9.17) is 9.84 Å². The molecule has 4 rings (SSSR count). The van der Waals surface area contributed by atoms with Crippen molar-refractivity contribution in [1.29, 1.82) is 0 Å². The number of halogens is 4. The lowest BCUT2D eigenvalue weighted by atomic mass is 9.98. The van der Waals surface area contributed by atoms with Crippen molar-refractivity contribution < 1.29 is 41.8 Å². The lowest BCUT2D eigenvalue weighted by Gasteiger charge is -2.14. The van der Waals surface area contributed by atoms with Crippen LogP contribution in [0.25, 0.3) is 11.1 Å². The van der Waals surface area contributed by atoms with E-state index in [0.717, 1.165) is 22.3 Å². The molecule has 2 unspecified atom stereocenters. The van der Waals surface area contributed by atoms with Crippen LogP contribution in [0.3, 0.4) is 0 Å². The highest BCUT2D eigenvalue weighted by Gasteiger charge is 2.71. The monoisotopic (exact) mass is 480 g/mol. The molecule has 11 heteroatoms. The van der Waals surface area contributed by atoms with Crippen molar-refractivity contribution in [2.24, 2.45) is 11.8 Å². The minimum Gasteiger partial charge on any atom is -0.477 e. The van der Waals surface area contributed by atoms with Gasteiger partial charge in [0.05, 0.1) is 12.5 Å². The average Bonchev–Trinajstić information content (AvgIpc) is 3.21. The van der Waals surface area contributed by atoms with Crippen LogP contribution in [0.15, 0.2) is 48.5 Å². The van der Waals surface area contributed by atoms with Gasteiger partial charge in [0.25, 0.3) is 5.92 Å². The maximum Gasteiger partial charge on any atom is 0.407 e. The molecule has 0 saturated heterocycles. The number of hydrogen-bond donors (Lipinski definition) is 3. The SMILES string of the molecule is O=C(NCC1C(C(=O)NCC(F)(F)C(=O)O)C1(F)F)OCC1c2ccccc2-c2ccccc21. The van der Waals surface area contributed by atoms with Crippen LogP contribution in [0.5, 0.6) is 0 Å². The predicted octanol–water partition coefficient (Wildman–Crippen LogP) is 3.24. The number of fused-ring (bicyclic) bond motifs is 3. The molecule has 2 atom stereocenters. The predicted molar refractivity (Wildman–Crippen MR) is 111 cm³/mol. The third-order valence-corrected chi connectivity index (χ3v) is 6.09. The number of carboxylic acids is 1. The molecule has 0 spiro atoms. The number of carbonyl (C=O) groups is 3. The van der Waals surface area contributed by atoms with Gasteiger partial charge in [-0.1, -0.05) is 48.5 Å². The Bertz CT molecular complexity index is 1090. The second-order valence-electron chi connectivity index (χ2n) is 8.19. The summed E-state index contributed by atoms with van der Waals surface area (Å²) in [4.78, 5) is 34.3. The van der Waals surface area contributed by atoms with Gasteiger partial charge in [0, 0.05) is 12.5 Å². The zero-order chi connectivity index (χ0) is 24.7. The maximum atomic E-state index is 13.9. The van der Waals surface area contributed by atoms with E-state index < -0.39 is 54.7 Å². The van der Waals surface area contributed by atoms with E-state index in [1.54, 1.807) is 0 Å². The molecule has 2 aliphatic rings. The number of aliphatic carboxylic acids is 1. The van der Waals surface area contributed by atoms with Gasteiger partial charge in [-0.3, -0.25) is 4.79 Å². The molecule has 2 aromatic rings. The topological polar surface area (TPSA) is 105 Å². The number of hydrogen-bond acceptors (Lipinski definition) is 4. The first-order valence-electron chi connectivity index (χ1n) is 10.4. The summed E-state index contributed by atoms with van der Waals surface area (Å²) in [6, 6.07) is 15.3. The highest BCUT2D eigenvalue weighted by atomic mass is 19.3. The van der Waals surface area contributed by atoms with Crippen molar-refractivity contribution in [3.05, 3.63) is 59.7 Å². The molecule has 2 amide bonds. The molecular weight excluding hydrogens is 460 g/mol. The maximum absolute atomic E-state index is 13.9. The van der Waals surface area contributed by atoms with Crippen molar-refractivity contribution >= 4 is 18.0 Å². The van der Waals surface area contributed by atoms with Crippen LogP contribution < -0.4 is 10.6 Å². The van der Waals surface area contributed by atoms with Gasteiger partial charge in [-0.05, 0) is 22.3 Å². The van der Waals surface area contributed by atoms with Gasteiger partial charge in [0.1, 0.15) is 12.5 Å². The smallest absolute Gasteiger partial charge is 0.407 e. The summed E-state index contributed by atoms with van der Waals surface area (Å²) in [7, 11) is 0. The minimum absolute atomic E-state index is 0.0326. The van der Waals surface area contributed by atoms with Crippen LogP contribution in [0.2, 0.25) is 0 Å². The number of ether oxygens (including phenoxy) is 1. The van der Waals surface area contributed by atoms with Gasteiger partial charge in [-0.25, -0.2) is 18.4 Å². The second-order valence-corrected chi connectivity index (χ2v) is 8.19. The fourth-order valence-electron chi connectivity index (χ4n) is 4.23. The van der Waals surface area contributed by atoms with Crippen LogP contribution in [0.4, 0.5) is 22.4 Å². The van der Waals surface area contributed by atoms with Crippen LogP contribution in [0.1, 0.15) is 17.0 Å². The molecule has 7 nitrogen and oxygen atoms in total. The normalized spacial score (nSPS) is 20.1. The molecule has 0 aliphatic heterocycles. The number of benzene rings is 2. The quantitative estimate of drug-likeness (QED) is 0.504. The Labute approximate surface area is 191 Å². The summed E-state index contributed by atoms with van der Waals surface area (Å²) in [6.45, 7) is -2.26. The summed E-state index contributed by atoms with van der Waals surface area (Å²) >= 11 is 0. The Balaban J connectivity index is 1.29. The van der Waals surface area contributed by atoms with Gasteiger partial charge in [0.15, 0.2) is 0 Å². The third-order valence-electron chi connectivity index (χ3n) is 6.09. The Morgan fingerprint density at radius 2 is 1.53 bits per heavy atom. The highest BCUT2D eigenvalue weighted by molar-refractivity contribution is 5.85. The third kappa shape index (κ3) is 4.29. The first-order chi connectivity index (χ1) is 16.0. The van der Waals surface area contributed by atoms with Gasteiger partial charge >= 0.3 is 18.0 Å². The first-order valence-corrected chi connectivity index (χ1v) is 10.4. The molecule has 0 radical (unpaired) electrons. The number of carboxylic acid groups (broad SMARTS) is 1. The number of nitrogens with one attached hydrogen (secondary N) is 2. The number of amides is 2. The molecule has 2 aromatic carbocycles. The summed E-state index contributed by atoms with van der Waals surface area (Å²) in [6.07, 6.45) is -0.957. The van der Waals surface area contributed by atoms with Crippen LogP contribution in [-0.2, 0) is 14.3 Å². The van der Waals surface area contributed by atoms with Crippen molar-refractivity contribution in [2.75, 3.05) is 19.7 Å².